The average Bonchev–Trinajstić information content (AvgIpc) is 3.02. The summed E-state index contributed by atoms with van der Waals surface area (Å²) in [5.41, 5.74) is 0.578. The van der Waals surface area contributed by atoms with Crippen LogP contribution in [-0.4, -0.2) is 37.1 Å². The fourth-order valence-corrected chi connectivity index (χ4v) is 2.82. The van der Waals surface area contributed by atoms with Crippen molar-refractivity contribution in [1.29, 1.82) is 0 Å². The first-order valence-corrected chi connectivity index (χ1v) is 7.61. The summed E-state index contributed by atoms with van der Waals surface area (Å²) in [6.07, 6.45) is 9.84. The second-order valence-electron chi connectivity index (χ2n) is 6.83. The van der Waals surface area contributed by atoms with Gasteiger partial charge in [-0.2, -0.15) is 0 Å². The van der Waals surface area contributed by atoms with Gasteiger partial charge in [0.05, 0.1) is 0 Å². The standard InChI is InChI=1S/C15H30N2/c1-15(2)9-12-17(13-15)11-6-4-3-5-10-16-14-7-8-14/h14,16H,3-13H2,1-2H3. The van der Waals surface area contributed by atoms with Crippen LogP contribution in [0.3, 0.4) is 0 Å². The zero-order chi connectivity index (χ0) is 12.1. The Bertz CT molecular complexity index is 221. The smallest absolute Gasteiger partial charge is 0.00682 e. The Morgan fingerprint density at radius 2 is 1.88 bits per heavy atom. The van der Waals surface area contributed by atoms with E-state index in [2.05, 4.69) is 24.1 Å². The molecule has 0 bridgehead atoms. The number of likely N-dealkylation sites (tertiary alicyclic amines) is 1. The van der Waals surface area contributed by atoms with Crippen molar-refractivity contribution >= 4 is 0 Å². The molecule has 0 radical (unpaired) electrons. The largest absolute Gasteiger partial charge is 0.314 e. The highest BCUT2D eigenvalue weighted by molar-refractivity contribution is 4.82. The lowest BCUT2D eigenvalue weighted by atomic mass is 9.93. The van der Waals surface area contributed by atoms with E-state index in [1.807, 2.05) is 0 Å². The fraction of sp³-hybridized carbons (Fsp3) is 1.00. The molecule has 0 amide bonds. The van der Waals surface area contributed by atoms with Crippen molar-refractivity contribution < 1.29 is 0 Å². The molecule has 0 aromatic carbocycles. The highest BCUT2D eigenvalue weighted by Crippen LogP contribution is 2.28. The van der Waals surface area contributed by atoms with E-state index in [1.54, 1.807) is 0 Å². The van der Waals surface area contributed by atoms with Gasteiger partial charge in [-0.25, -0.2) is 0 Å². The number of nitrogens with one attached hydrogen (secondary N) is 1. The van der Waals surface area contributed by atoms with Crippen LogP contribution in [0.25, 0.3) is 0 Å². The summed E-state index contributed by atoms with van der Waals surface area (Å²) in [6, 6.07) is 0.891. The monoisotopic (exact) mass is 238 g/mol. The van der Waals surface area contributed by atoms with Crippen molar-refractivity contribution in [3.8, 4) is 0 Å². The van der Waals surface area contributed by atoms with E-state index in [9.17, 15) is 0 Å². The molecule has 2 aliphatic rings. The molecule has 100 valence electrons. The Hall–Kier alpha value is -0.0800. The highest BCUT2D eigenvalue weighted by Gasteiger charge is 2.28. The first-order chi connectivity index (χ1) is 8.16. The number of unbranched alkanes of at least 4 members (excludes halogenated alkanes) is 3. The van der Waals surface area contributed by atoms with Gasteiger partial charge >= 0.3 is 0 Å². The van der Waals surface area contributed by atoms with E-state index >= 15 is 0 Å². The van der Waals surface area contributed by atoms with Gasteiger partial charge in [-0.1, -0.05) is 26.7 Å². The van der Waals surface area contributed by atoms with E-state index in [-0.39, 0.29) is 0 Å². The van der Waals surface area contributed by atoms with Gasteiger partial charge in [0.25, 0.3) is 0 Å². The van der Waals surface area contributed by atoms with Crippen LogP contribution in [0.1, 0.15) is 58.8 Å². The highest BCUT2D eigenvalue weighted by atomic mass is 15.1. The minimum absolute atomic E-state index is 0.578. The third-order valence-corrected chi connectivity index (χ3v) is 4.17. The normalized spacial score (nSPS) is 24.4. The van der Waals surface area contributed by atoms with Crippen molar-refractivity contribution in [3.63, 3.8) is 0 Å². The molecular weight excluding hydrogens is 208 g/mol. The Balaban J connectivity index is 1.38. The van der Waals surface area contributed by atoms with E-state index in [0.29, 0.717) is 5.41 Å². The lowest BCUT2D eigenvalue weighted by molar-refractivity contribution is 0.284. The predicted molar refractivity (Wildman–Crippen MR) is 74.3 cm³/mol. The van der Waals surface area contributed by atoms with Crippen LogP contribution in [-0.2, 0) is 0 Å². The molecule has 2 rings (SSSR count). The summed E-state index contributed by atoms with van der Waals surface area (Å²) in [4.78, 5) is 2.66. The van der Waals surface area contributed by atoms with E-state index in [0.717, 1.165) is 6.04 Å². The molecule has 17 heavy (non-hydrogen) atoms. The zero-order valence-electron chi connectivity index (χ0n) is 11.8. The molecular formula is C15H30N2. The molecule has 1 aliphatic heterocycles. The lowest BCUT2D eigenvalue weighted by Crippen LogP contribution is -2.24. The maximum atomic E-state index is 3.59. The van der Waals surface area contributed by atoms with Crippen molar-refractivity contribution in [3.05, 3.63) is 0 Å². The average molecular weight is 238 g/mol. The minimum atomic E-state index is 0.578. The van der Waals surface area contributed by atoms with Gasteiger partial charge in [0.15, 0.2) is 0 Å². The van der Waals surface area contributed by atoms with Crippen LogP contribution in [0.15, 0.2) is 0 Å². The fourth-order valence-electron chi connectivity index (χ4n) is 2.82. The first-order valence-electron chi connectivity index (χ1n) is 7.61. The molecule has 1 saturated heterocycles. The number of hydrogen-bond acceptors (Lipinski definition) is 2. The molecule has 0 aromatic heterocycles. The summed E-state index contributed by atoms with van der Waals surface area (Å²) in [6.45, 7) is 10.0. The second kappa shape index (κ2) is 6.19. The van der Waals surface area contributed by atoms with Crippen LogP contribution in [0.5, 0.6) is 0 Å². The van der Waals surface area contributed by atoms with Gasteiger partial charge < -0.3 is 10.2 Å². The Labute approximate surface area is 107 Å². The molecule has 2 fully saturated rings. The molecule has 2 heteroatoms. The summed E-state index contributed by atoms with van der Waals surface area (Å²) in [5.74, 6) is 0. The van der Waals surface area contributed by atoms with Crippen molar-refractivity contribution in [2.45, 2.75) is 64.8 Å². The summed E-state index contributed by atoms with van der Waals surface area (Å²) < 4.78 is 0. The predicted octanol–water partition coefficient (Wildman–Crippen LogP) is 3.03. The van der Waals surface area contributed by atoms with E-state index < -0.39 is 0 Å². The number of hydrogen-bond donors (Lipinski definition) is 1. The van der Waals surface area contributed by atoms with Crippen LogP contribution in [0.2, 0.25) is 0 Å². The van der Waals surface area contributed by atoms with Crippen LogP contribution >= 0.6 is 0 Å². The number of nitrogens with zero attached hydrogens (tertiary/aromatic N) is 1. The third-order valence-electron chi connectivity index (χ3n) is 4.17. The number of rotatable bonds is 8. The molecule has 1 heterocycles. The Kier molecular flexibility index (Phi) is 4.87. The van der Waals surface area contributed by atoms with Crippen LogP contribution in [0, 0.1) is 5.41 Å². The summed E-state index contributed by atoms with van der Waals surface area (Å²) >= 11 is 0. The maximum absolute atomic E-state index is 3.59. The molecule has 0 spiro atoms. The van der Waals surface area contributed by atoms with Gasteiger partial charge in [0.2, 0.25) is 0 Å². The van der Waals surface area contributed by atoms with Gasteiger partial charge in [0.1, 0.15) is 0 Å². The Morgan fingerprint density at radius 1 is 1.12 bits per heavy atom. The topological polar surface area (TPSA) is 15.3 Å². The second-order valence-corrected chi connectivity index (χ2v) is 6.83. The van der Waals surface area contributed by atoms with Gasteiger partial charge in [-0.3, -0.25) is 0 Å². The van der Waals surface area contributed by atoms with E-state index in [1.165, 1.54) is 71.1 Å². The van der Waals surface area contributed by atoms with Crippen molar-refractivity contribution in [1.82, 2.24) is 10.2 Å². The van der Waals surface area contributed by atoms with E-state index in [4.69, 9.17) is 0 Å². The Morgan fingerprint density at radius 3 is 2.53 bits per heavy atom. The molecule has 2 nitrogen and oxygen atoms in total. The molecule has 0 aromatic rings. The molecule has 1 N–H and O–H groups in total. The molecule has 1 aliphatic carbocycles. The minimum Gasteiger partial charge on any atom is -0.314 e. The lowest BCUT2D eigenvalue weighted by Gasteiger charge is -2.19. The van der Waals surface area contributed by atoms with Gasteiger partial charge in [-0.15, -0.1) is 0 Å². The third kappa shape index (κ3) is 5.39. The van der Waals surface area contributed by atoms with Gasteiger partial charge in [0, 0.05) is 12.6 Å². The van der Waals surface area contributed by atoms with Crippen molar-refractivity contribution in [2.75, 3.05) is 26.2 Å². The zero-order valence-corrected chi connectivity index (χ0v) is 11.8. The molecule has 0 atom stereocenters. The van der Waals surface area contributed by atoms with Gasteiger partial charge in [-0.05, 0) is 57.2 Å². The molecule has 0 unspecified atom stereocenters. The molecule has 1 saturated carbocycles. The summed E-state index contributed by atoms with van der Waals surface area (Å²) in [7, 11) is 0. The van der Waals surface area contributed by atoms with Crippen molar-refractivity contribution in [2.24, 2.45) is 5.41 Å². The SMILES string of the molecule is CC1(C)CCN(CCCCCCNC2CC2)C1. The van der Waals surface area contributed by atoms with Crippen LogP contribution in [0.4, 0.5) is 0 Å². The quantitative estimate of drug-likeness (QED) is 0.654. The van der Waals surface area contributed by atoms with Crippen LogP contribution < -0.4 is 5.32 Å². The summed E-state index contributed by atoms with van der Waals surface area (Å²) in [5, 5.41) is 3.59. The first kappa shape index (κ1) is 13.4. The maximum Gasteiger partial charge on any atom is 0.00682 e.